The van der Waals surface area contributed by atoms with Crippen molar-refractivity contribution in [2.24, 2.45) is 0 Å². The molecule has 1 aliphatic heterocycles. The zero-order chi connectivity index (χ0) is 17.9. The van der Waals surface area contributed by atoms with Crippen LogP contribution >= 0.6 is 0 Å². The number of rotatable bonds is 5. The third kappa shape index (κ3) is 3.91. The van der Waals surface area contributed by atoms with Crippen LogP contribution in [0.4, 0.5) is 15.8 Å². The molecule has 0 aliphatic carbocycles. The minimum absolute atomic E-state index is 0.0303. The average Bonchev–Trinajstić information content (AvgIpc) is 2.87. The van der Waals surface area contributed by atoms with E-state index in [-0.39, 0.29) is 30.2 Å². The molecule has 9 heteroatoms. The molecule has 130 valence electrons. The monoisotopic (exact) mass is 355 g/mol. The number of hydrogen-bond donors (Lipinski definition) is 1. The van der Waals surface area contributed by atoms with Crippen LogP contribution in [0.2, 0.25) is 0 Å². The molecule has 0 spiro atoms. The number of carbonyl (C=O) groups excluding carboxylic acids is 2. The molecule has 2 amide bonds. The van der Waals surface area contributed by atoms with E-state index in [0.717, 1.165) is 21.3 Å². The van der Waals surface area contributed by atoms with Gasteiger partial charge in [0, 0.05) is 19.3 Å². The first-order valence-electron chi connectivity index (χ1n) is 7.22. The Morgan fingerprint density at radius 3 is 2.75 bits per heavy atom. The second-order valence-electron chi connectivity index (χ2n) is 5.35. The standard InChI is InChI=1S/C15H18FN3O4S/c1-3-15(21)18(2)10-14(20)17-11-5-6-12(16)13(9-11)19-7-4-8-24(19,22)23/h3,5-6,9H,1,4,7-8,10H2,2H3,(H,17,20). The van der Waals surface area contributed by atoms with Crippen molar-refractivity contribution < 1.29 is 22.4 Å². The van der Waals surface area contributed by atoms with E-state index in [2.05, 4.69) is 11.9 Å². The van der Waals surface area contributed by atoms with Crippen LogP contribution in [-0.2, 0) is 19.6 Å². The van der Waals surface area contributed by atoms with Gasteiger partial charge in [0.1, 0.15) is 5.82 Å². The van der Waals surface area contributed by atoms with Crippen LogP contribution in [-0.4, -0.2) is 51.0 Å². The minimum atomic E-state index is -3.52. The molecule has 1 aromatic rings. The predicted octanol–water partition coefficient (Wildman–Crippen LogP) is 0.948. The van der Waals surface area contributed by atoms with E-state index < -0.39 is 27.7 Å². The SMILES string of the molecule is C=CC(=O)N(C)CC(=O)Nc1ccc(F)c(N2CCCS2(=O)=O)c1. The number of halogens is 1. The molecule has 24 heavy (non-hydrogen) atoms. The third-order valence-electron chi connectivity index (χ3n) is 3.53. The van der Waals surface area contributed by atoms with Gasteiger partial charge >= 0.3 is 0 Å². The lowest BCUT2D eigenvalue weighted by Crippen LogP contribution is -2.33. The predicted molar refractivity (Wildman–Crippen MR) is 88.6 cm³/mol. The van der Waals surface area contributed by atoms with Gasteiger partial charge in [-0.2, -0.15) is 0 Å². The molecule has 1 aromatic carbocycles. The molecule has 1 aliphatic rings. The van der Waals surface area contributed by atoms with E-state index in [1.807, 2.05) is 0 Å². The van der Waals surface area contributed by atoms with Crippen LogP contribution in [0.5, 0.6) is 0 Å². The number of hydrogen-bond acceptors (Lipinski definition) is 4. The summed E-state index contributed by atoms with van der Waals surface area (Å²) in [5.41, 5.74) is 0.152. The van der Waals surface area contributed by atoms with Gasteiger partial charge < -0.3 is 10.2 Å². The zero-order valence-corrected chi connectivity index (χ0v) is 14.0. The first kappa shape index (κ1) is 17.9. The summed E-state index contributed by atoms with van der Waals surface area (Å²) in [4.78, 5) is 24.4. The molecule has 0 bridgehead atoms. The van der Waals surface area contributed by atoms with Gasteiger partial charge in [-0.15, -0.1) is 0 Å². The van der Waals surface area contributed by atoms with E-state index >= 15 is 0 Å². The van der Waals surface area contributed by atoms with Crippen LogP contribution in [0.1, 0.15) is 6.42 Å². The van der Waals surface area contributed by atoms with Crippen LogP contribution in [0.15, 0.2) is 30.9 Å². The zero-order valence-electron chi connectivity index (χ0n) is 13.2. The topological polar surface area (TPSA) is 86.8 Å². The highest BCUT2D eigenvalue weighted by Gasteiger charge is 2.30. The number of nitrogens with zero attached hydrogens (tertiary/aromatic N) is 2. The van der Waals surface area contributed by atoms with Gasteiger partial charge in [0.25, 0.3) is 0 Å². The summed E-state index contributed by atoms with van der Waals surface area (Å²) < 4.78 is 38.8. The van der Waals surface area contributed by atoms with Crippen LogP contribution in [0.25, 0.3) is 0 Å². The largest absolute Gasteiger partial charge is 0.333 e. The molecule has 0 saturated carbocycles. The number of anilines is 2. The Morgan fingerprint density at radius 2 is 2.17 bits per heavy atom. The van der Waals surface area contributed by atoms with Gasteiger partial charge in [-0.3, -0.25) is 13.9 Å². The summed E-state index contributed by atoms with van der Waals surface area (Å²) in [5.74, 6) is -1.61. The maximum absolute atomic E-state index is 14.0. The normalized spacial score (nSPS) is 15.8. The Labute approximate surface area is 139 Å². The van der Waals surface area contributed by atoms with E-state index in [1.54, 1.807) is 0 Å². The van der Waals surface area contributed by atoms with E-state index in [4.69, 9.17) is 0 Å². The molecule has 1 N–H and O–H groups in total. The number of amides is 2. The lowest BCUT2D eigenvalue weighted by molar-refractivity contribution is -0.129. The number of sulfonamides is 1. The lowest BCUT2D eigenvalue weighted by Gasteiger charge is -2.19. The molecule has 1 fully saturated rings. The van der Waals surface area contributed by atoms with Crippen LogP contribution in [0, 0.1) is 5.82 Å². The highest BCUT2D eigenvalue weighted by molar-refractivity contribution is 7.93. The molecule has 0 unspecified atom stereocenters. The fraction of sp³-hybridized carbons (Fsp3) is 0.333. The van der Waals surface area contributed by atoms with Gasteiger partial charge in [0.05, 0.1) is 18.0 Å². The maximum atomic E-state index is 14.0. The Bertz CT molecular complexity index is 779. The molecular weight excluding hydrogens is 337 g/mol. The van der Waals surface area contributed by atoms with E-state index in [1.165, 1.54) is 19.2 Å². The first-order chi connectivity index (χ1) is 11.2. The van der Waals surface area contributed by atoms with E-state index in [9.17, 15) is 22.4 Å². The highest BCUT2D eigenvalue weighted by Crippen LogP contribution is 2.29. The van der Waals surface area contributed by atoms with Gasteiger partial charge in [-0.05, 0) is 30.7 Å². The second-order valence-corrected chi connectivity index (χ2v) is 7.37. The lowest BCUT2D eigenvalue weighted by atomic mass is 10.2. The fourth-order valence-electron chi connectivity index (χ4n) is 2.34. The summed E-state index contributed by atoms with van der Waals surface area (Å²) in [6, 6.07) is 3.69. The molecule has 1 saturated heterocycles. The molecule has 2 rings (SSSR count). The minimum Gasteiger partial charge on any atom is -0.333 e. The number of carbonyl (C=O) groups is 2. The van der Waals surface area contributed by atoms with Crippen molar-refractivity contribution in [3.8, 4) is 0 Å². The first-order valence-corrected chi connectivity index (χ1v) is 8.83. The average molecular weight is 355 g/mol. The molecule has 0 atom stereocenters. The molecular formula is C15H18FN3O4S. The summed E-state index contributed by atoms with van der Waals surface area (Å²) in [6.07, 6.45) is 1.51. The van der Waals surface area contributed by atoms with Gasteiger partial charge in [-0.25, -0.2) is 12.8 Å². The van der Waals surface area contributed by atoms with Crippen molar-refractivity contribution in [2.45, 2.75) is 6.42 Å². The third-order valence-corrected chi connectivity index (χ3v) is 5.38. The Morgan fingerprint density at radius 1 is 1.46 bits per heavy atom. The smallest absolute Gasteiger partial charge is 0.246 e. The number of benzene rings is 1. The number of nitrogens with one attached hydrogen (secondary N) is 1. The van der Waals surface area contributed by atoms with Gasteiger partial charge in [0.15, 0.2) is 0 Å². The van der Waals surface area contributed by atoms with E-state index in [0.29, 0.717) is 6.42 Å². The van der Waals surface area contributed by atoms with Crippen molar-refractivity contribution in [1.82, 2.24) is 4.90 Å². The van der Waals surface area contributed by atoms with Crippen molar-refractivity contribution in [2.75, 3.05) is 35.5 Å². The van der Waals surface area contributed by atoms with Crippen molar-refractivity contribution in [3.05, 3.63) is 36.7 Å². The molecule has 0 radical (unpaired) electrons. The van der Waals surface area contributed by atoms with Crippen LogP contribution < -0.4 is 9.62 Å². The fourth-order valence-corrected chi connectivity index (χ4v) is 3.90. The summed E-state index contributed by atoms with van der Waals surface area (Å²) in [6.45, 7) is 3.32. The summed E-state index contributed by atoms with van der Waals surface area (Å²) in [7, 11) is -2.08. The molecule has 0 aromatic heterocycles. The Balaban J connectivity index is 2.15. The van der Waals surface area contributed by atoms with Crippen molar-refractivity contribution >= 4 is 33.2 Å². The Hall–Kier alpha value is -2.42. The summed E-state index contributed by atoms with van der Waals surface area (Å²) in [5, 5.41) is 2.51. The second kappa shape index (κ2) is 7.00. The highest BCUT2D eigenvalue weighted by atomic mass is 32.2. The number of likely N-dealkylation sites (N-methyl/N-ethyl adjacent to an activating group) is 1. The van der Waals surface area contributed by atoms with Crippen LogP contribution in [0.3, 0.4) is 0 Å². The maximum Gasteiger partial charge on any atom is 0.246 e. The quantitative estimate of drug-likeness (QED) is 0.797. The van der Waals surface area contributed by atoms with Crippen molar-refractivity contribution in [1.29, 1.82) is 0 Å². The molecule has 1 heterocycles. The Kier molecular flexibility index (Phi) is 5.23. The van der Waals surface area contributed by atoms with Gasteiger partial charge in [-0.1, -0.05) is 6.58 Å². The molecule has 7 nitrogen and oxygen atoms in total. The van der Waals surface area contributed by atoms with Crippen molar-refractivity contribution in [3.63, 3.8) is 0 Å². The summed E-state index contributed by atoms with van der Waals surface area (Å²) >= 11 is 0. The van der Waals surface area contributed by atoms with Gasteiger partial charge in [0.2, 0.25) is 21.8 Å².